The molecule has 0 bridgehead atoms. The quantitative estimate of drug-likeness (QED) is 0.735. The number of rotatable bonds is 6. The molecule has 1 fully saturated rings. The molecule has 1 aromatic rings. The molecule has 0 aliphatic carbocycles. The van der Waals surface area contributed by atoms with Crippen molar-refractivity contribution < 1.29 is 17.9 Å². The van der Waals surface area contributed by atoms with Crippen molar-refractivity contribution in [1.29, 1.82) is 0 Å². The van der Waals surface area contributed by atoms with E-state index in [0.29, 0.717) is 0 Å². The Kier molecular flexibility index (Phi) is 10.4. The maximum absolute atomic E-state index is 12.4. The van der Waals surface area contributed by atoms with E-state index in [9.17, 15) is 13.2 Å². The molecular formula is C16H23Cl2F3N2O. The Labute approximate surface area is 153 Å². The van der Waals surface area contributed by atoms with Gasteiger partial charge < -0.3 is 10.1 Å². The summed E-state index contributed by atoms with van der Waals surface area (Å²) in [4.78, 5) is 2.30. The maximum atomic E-state index is 12.4. The number of hydrogen-bond donors (Lipinski definition) is 1. The van der Waals surface area contributed by atoms with Gasteiger partial charge in [-0.15, -0.1) is 44.6 Å². The van der Waals surface area contributed by atoms with Crippen LogP contribution in [0, 0.1) is 0 Å². The van der Waals surface area contributed by atoms with Crippen molar-refractivity contribution in [3.63, 3.8) is 0 Å². The average Bonchev–Trinajstić information content (AvgIpc) is 2.47. The summed E-state index contributed by atoms with van der Waals surface area (Å²) in [5.41, 5.74) is 0.852. The number of allylic oxidation sites excluding steroid dienone is 1. The van der Waals surface area contributed by atoms with Crippen molar-refractivity contribution in [2.45, 2.75) is 25.2 Å². The topological polar surface area (TPSA) is 24.5 Å². The van der Waals surface area contributed by atoms with Gasteiger partial charge in [0.15, 0.2) is 0 Å². The molecule has 1 N–H and O–H groups in total. The SMILES string of the molecule is C=CCC[C@H](c1cccc(OC(F)(F)F)c1)N1CCNCC1.Cl.Cl. The van der Waals surface area contributed by atoms with Crippen molar-refractivity contribution in [1.82, 2.24) is 10.2 Å². The Morgan fingerprint density at radius 1 is 1.25 bits per heavy atom. The first-order chi connectivity index (χ1) is 10.5. The molecule has 1 saturated heterocycles. The third-order valence-electron chi connectivity index (χ3n) is 3.71. The largest absolute Gasteiger partial charge is 0.573 e. The molecule has 138 valence electrons. The number of nitrogens with zero attached hydrogens (tertiary/aromatic N) is 1. The molecule has 0 spiro atoms. The molecule has 0 amide bonds. The summed E-state index contributed by atoms with van der Waals surface area (Å²) >= 11 is 0. The van der Waals surface area contributed by atoms with E-state index in [2.05, 4.69) is 21.5 Å². The van der Waals surface area contributed by atoms with E-state index in [0.717, 1.165) is 44.6 Å². The van der Waals surface area contributed by atoms with Crippen LogP contribution in [0.5, 0.6) is 5.75 Å². The van der Waals surface area contributed by atoms with Gasteiger partial charge in [-0.25, -0.2) is 0 Å². The van der Waals surface area contributed by atoms with Crippen molar-refractivity contribution >= 4 is 24.8 Å². The molecular weight excluding hydrogens is 364 g/mol. The van der Waals surface area contributed by atoms with Crippen LogP contribution in [0.3, 0.4) is 0 Å². The third-order valence-corrected chi connectivity index (χ3v) is 3.71. The lowest BCUT2D eigenvalue weighted by molar-refractivity contribution is -0.274. The number of piperazine rings is 1. The van der Waals surface area contributed by atoms with Gasteiger partial charge in [0.25, 0.3) is 0 Å². The Morgan fingerprint density at radius 2 is 1.92 bits per heavy atom. The molecule has 1 aliphatic heterocycles. The predicted molar refractivity (Wildman–Crippen MR) is 94.2 cm³/mol. The minimum Gasteiger partial charge on any atom is -0.406 e. The molecule has 0 radical (unpaired) electrons. The summed E-state index contributed by atoms with van der Waals surface area (Å²) in [5, 5.41) is 3.28. The van der Waals surface area contributed by atoms with Gasteiger partial charge in [-0.2, -0.15) is 0 Å². The minimum absolute atomic E-state index is 0. The lowest BCUT2D eigenvalue weighted by Crippen LogP contribution is -2.45. The van der Waals surface area contributed by atoms with Gasteiger partial charge in [-0.3, -0.25) is 4.90 Å². The Bertz CT molecular complexity index is 494. The second-order valence-electron chi connectivity index (χ2n) is 5.29. The van der Waals surface area contributed by atoms with E-state index in [1.807, 2.05) is 12.1 Å². The Balaban J connectivity index is 0.00000264. The van der Waals surface area contributed by atoms with E-state index in [1.54, 1.807) is 6.07 Å². The van der Waals surface area contributed by atoms with Crippen molar-refractivity contribution in [2.24, 2.45) is 0 Å². The van der Waals surface area contributed by atoms with Crippen LogP contribution < -0.4 is 10.1 Å². The highest BCUT2D eigenvalue weighted by molar-refractivity contribution is 5.85. The fourth-order valence-corrected chi connectivity index (χ4v) is 2.75. The smallest absolute Gasteiger partial charge is 0.406 e. The van der Waals surface area contributed by atoms with Crippen LogP contribution in [0.4, 0.5) is 13.2 Å². The Morgan fingerprint density at radius 3 is 2.50 bits per heavy atom. The van der Waals surface area contributed by atoms with E-state index >= 15 is 0 Å². The molecule has 1 aliphatic rings. The number of halogens is 5. The third kappa shape index (κ3) is 7.30. The van der Waals surface area contributed by atoms with E-state index in [1.165, 1.54) is 12.1 Å². The van der Waals surface area contributed by atoms with E-state index in [-0.39, 0.29) is 36.6 Å². The summed E-state index contributed by atoms with van der Waals surface area (Å²) in [6.45, 7) is 7.28. The summed E-state index contributed by atoms with van der Waals surface area (Å²) in [6.07, 6.45) is -1.17. The number of alkyl halides is 3. The van der Waals surface area contributed by atoms with Crippen LogP contribution in [-0.4, -0.2) is 37.4 Å². The van der Waals surface area contributed by atoms with E-state index < -0.39 is 6.36 Å². The lowest BCUT2D eigenvalue weighted by Gasteiger charge is -2.35. The zero-order chi connectivity index (χ0) is 16.0. The fourth-order valence-electron chi connectivity index (χ4n) is 2.75. The molecule has 0 aromatic heterocycles. The first-order valence-electron chi connectivity index (χ1n) is 7.41. The van der Waals surface area contributed by atoms with Crippen LogP contribution in [-0.2, 0) is 0 Å². The summed E-state index contributed by atoms with van der Waals surface area (Å²) in [5.74, 6) is -0.163. The second-order valence-corrected chi connectivity index (χ2v) is 5.29. The van der Waals surface area contributed by atoms with Crippen LogP contribution in [0.25, 0.3) is 0 Å². The maximum Gasteiger partial charge on any atom is 0.573 e. The molecule has 0 unspecified atom stereocenters. The molecule has 8 heteroatoms. The van der Waals surface area contributed by atoms with Gasteiger partial charge in [0, 0.05) is 32.2 Å². The van der Waals surface area contributed by atoms with Gasteiger partial charge in [0.1, 0.15) is 5.75 Å². The van der Waals surface area contributed by atoms with E-state index in [4.69, 9.17) is 0 Å². The van der Waals surface area contributed by atoms with Gasteiger partial charge in [-0.1, -0.05) is 18.2 Å². The normalized spacial score (nSPS) is 16.5. The highest BCUT2D eigenvalue weighted by Gasteiger charge is 2.31. The average molecular weight is 387 g/mol. The Hall–Kier alpha value is -0.950. The number of ether oxygens (including phenoxy) is 1. The van der Waals surface area contributed by atoms with Crippen LogP contribution in [0.1, 0.15) is 24.4 Å². The molecule has 24 heavy (non-hydrogen) atoms. The van der Waals surface area contributed by atoms with Crippen LogP contribution >= 0.6 is 24.8 Å². The van der Waals surface area contributed by atoms with Crippen LogP contribution in [0.15, 0.2) is 36.9 Å². The van der Waals surface area contributed by atoms with Gasteiger partial charge in [0.05, 0.1) is 0 Å². The summed E-state index contributed by atoms with van der Waals surface area (Å²) < 4.78 is 41.2. The number of hydrogen-bond acceptors (Lipinski definition) is 3. The molecule has 3 nitrogen and oxygen atoms in total. The van der Waals surface area contributed by atoms with Gasteiger partial charge in [-0.05, 0) is 30.5 Å². The summed E-state index contributed by atoms with van der Waals surface area (Å²) in [6, 6.07) is 6.37. The molecule has 0 saturated carbocycles. The fraction of sp³-hybridized carbons (Fsp3) is 0.500. The molecule has 1 atom stereocenters. The highest BCUT2D eigenvalue weighted by Crippen LogP contribution is 2.30. The molecule has 1 aromatic carbocycles. The lowest BCUT2D eigenvalue weighted by atomic mass is 9.99. The van der Waals surface area contributed by atoms with Crippen molar-refractivity contribution in [3.05, 3.63) is 42.5 Å². The summed E-state index contributed by atoms with van der Waals surface area (Å²) in [7, 11) is 0. The minimum atomic E-state index is -4.66. The second kappa shape index (κ2) is 10.8. The van der Waals surface area contributed by atoms with Gasteiger partial charge in [0.2, 0.25) is 0 Å². The zero-order valence-electron chi connectivity index (χ0n) is 13.2. The highest BCUT2D eigenvalue weighted by atomic mass is 35.5. The van der Waals surface area contributed by atoms with Crippen molar-refractivity contribution in [2.75, 3.05) is 26.2 Å². The molecule has 1 heterocycles. The van der Waals surface area contributed by atoms with Crippen LogP contribution in [0.2, 0.25) is 0 Å². The monoisotopic (exact) mass is 386 g/mol. The molecule has 2 rings (SSSR count). The predicted octanol–water partition coefficient (Wildman–Crippen LogP) is 4.34. The standard InChI is InChI=1S/C16H21F3N2O.2ClH/c1-2-3-7-15(21-10-8-20-9-11-21)13-5-4-6-14(12-13)22-16(17,18)19;;/h2,4-6,12,15,20H,1,3,7-11H2;2*1H/t15-;;/m1../s1. The number of benzene rings is 1. The van der Waals surface area contributed by atoms with Crippen molar-refractivity contribution in [3.8, 4) is 5.75 Å². The number of nitrogens with one attached hydrogen (secondary N) is 1. The first-order valence-corrected chi connectivity index (χ1v) is 7.41. The first kappa shape index (κ1) is 23.1. The zero-order valence-corrected chi connectivity index (χ0v) is 14.9. The van der Waals surface area contributed by atoms with Gasteiger partial charge >= 0.3 is 6.36 Å².